The van der Waals surface area contributed by atoms with Crippen LogP contribution in [0.3, 0.4) is 0 Å². The van der Waals surface area contributed by atoms with Crippen LogP contribution in [0.5, 0.6) is 0 Å². The number of carbonyl (C=O) groups excluding carboxylic acids is 1. The molecular weight excluding hydrogens is 280 g/mol. The Morgan fingerprint density at radius 1 is 1.14 bits per heavy atom. The first-order valence-electron chi connectivity index (χ1n) is 7.04. The van der Waals surface area contributed by atoms with Crippen LogP contribution in [0, 0.1) is 0 Å². The molecule has 5 nitrogen and oxygen atoms in total. The maximum Gasteiger partial charge on any atom is 0.355 e. The van der Waals surface area contributed by atoms with E-state index >= 15 is 0 Å². The zero-order valence-electron chi connectivity index (χ0n) is 12.2. The molecule has 0 aliphatic heterocycles. The van der Waals surface area contributed by atoms with E-state index in [2.05, 4.69) is 0 Å². The number of para-hydroxylation sites is 1. The fraction of sp³-hybridized carbons (Fsp3) is 0.176. The van der Waals surface area contributed by atoms with Crippen LogP contribution in [0.4, 0.5) is 0 Å². The van der Waals surface area contributed by atoms with Crippen LogP contribution in [0.2, 0.25) is 0 Å². The average molecular weight is 296 g/mol. The van der Waals surface area contributed by atoms with Gasteiger partial charge in [-0.2, -0.15) is 0 Å². The summed E-state index contributed by atoms with van der Waals surface area (Å²) in [6.07, 6.45) is 1.67. The number of benzene rings is 1. The van der Waals surface area contributed by atoms with E-state index in [4.69, 9.17) is 4.74 Å². The summed E-state index contributed by atoms with van der Waals surface area (Å²) in [6, 6.07) is 14.5. The molecule has 22 heavy (non-hydrogen) atoms. The molecule has 112 valence electrons. The highest BCUT2D eigenvalue weighted by molar-refractivity contribution is 5.95. The van der Waals surface area contributed by atoms with Crippen molar-refractivity contribution in [2.75, 3.05) is 6.61 Å². The lowest BCUT2D eigenvalue weighted by molar-refractivity contribution is 0.0479. The molecule has 0 fully saturated rings. The number of fused-ring (bicyclic) bond motifs is 1. The van der Waals surface area contributed by atoms with Gasteiger partial charge in [-0.1, -0.05) is 24.3 Å². The highest BCUT2D eigenvalue weighted by atomic mass is 16.5. The standard InChI is InChI=1S/C17H16N2O3/c1-18-14-7-3-2-6-13(14)12-15(18)17(21)22-11-10-19-9-5-4-8-16(19)20/h2-9,12H,10-11H2,1H3. The Labute approximate surface area is 127 Å². The van der Waals surface area contributed by atoms with E-state index in [-0.39, 0.29) is 18.1 Å². The number of hydrogen-bond acceptors (Lipinski definition) is 3. The van der Waals surface area contributed by atoms with E-state index < -0.39 is 0 Å². The lowest BCUT2D eigenvalue weighted by Crippen LogP contribution is -2.22. The zero-order chi connectivity index (χ0) is 15.5. The van der Waals surface area contributed by atoms with Crippen LogP contribution in [0.15, 0.2) is 59.5 Å². The summed E-state index contributed by atoms with van der Waals surface area (Å²) in [7, 11) is 1.83. The molecule has 3 rings (SSSR count). The van der Waals surface area contributed by atoms with Crippen molar-refractivity contribution in [1.29, 1.82) is 0 Å². The molecule has 0 N–H and O–H groups in total. The van der Waals surface area contributed by atoms with Crippen LogP contribution in [-0.4, -0.2) is 21.7 Å². The molecule has 0 radical (unpaired) electrons. The number of nitrogens with zero attached hydrogens (tertiary/aromatic N) is 2. The minimum atomic E-state index is -0.386. The fourth-order valence-corrected chi connectivity index (χ4v) is 2.44. The van der Waals surface area contributed by atoms with E-state index in [1.54, 1.807) is 18.3 Å². The zero-order valence-corrected chi connectivity index (χ0v) is 12.2. The summed E-state index contributed by atoms with van der Waals surface area (Å²) in [4.78, 5) is 23.7. The monoisotopic (exact) mass is 296 g/mol. The van der Waals surface area contributed by atoms with Gasteiger partial charge in [0.25, 0.3) is 5.56 Å². The number of aromatic nitrogens is 2. The summed E-state index contributed by atoms with van der Waals surface area (Å²) in [5.74, 6) is -0.386. The molecule has 0 amide bonds. The summed E-state index contributed by atoms with van der Waals surface area (Å²) < 4.78 is 8.60. The normalized spacial score (nSPS) is 10.8. The van der Waals surface area contributed by atoms with Crippen molar-refractivity contribution >= 4 is 16.9 Å². The van der Waals surface area contributed by atoms with Crippen LogP contribution in [0.25, 0.3) is 10.9 Å². The third-order valence-electron chi connectivity index (χ3n) is 3.63. The smallest absolute Gasteiger partial charge is 0.355 e. The van der Waals surface area contributed by atoms with Gasteiger partial charge in [-0.15, -0.1) is 0 Å². The molecule has 0 aliphatic rings. The van der Waals surface area contributed by atoms with Crippen LogP contribution in [-0.2, 0) is 18.3 Å². The second-order valence-corrected chi connectivity index (χ2v) is 5.02. The van der Waals surface area contributed by atoms with E-state index in [1.165, 1.54) is 10.6 Å². The van der Waals surface area contributed by atoms with Crippen molar-refractivity contribution in [2.45, 2.75) is 6.54 Å². The Balaban J connectivity index is 1.70. The number of aryl methyl sites for hydroxylation is 1. The molecular formula is C17H16N2O3. The molecule has 3 aromatic rings. The van der Waals surface area contributed by atoms with Crippen LogP contribution in [0.1, 0.15) is 10.5 Å². The third-order valence-corrected chi connectivity index (χ3v) is 3.63. The number of ether oxygens (including phenoxy) is 1. The molecule has 5 heteroatoms. The Morgan fingerprint density at radius 3 is 2.68 bits per heavy atom. The first-order valence-corrected chi connectivity index (χ1v) is 7.04. The van der Waals surface area contributed by atoms with Gasteiger partial charge in [0.1, 0.15) is 12.3 Å². The van der Waals surface area contributed by atoms with Gasteiger partial charge in [0.05, 0.1) is 6.54 Å². The highest BCUT2D eigenvalue weighted by Crippen LogP contribution is 2.18. The van der Waals surface area contributed by atoms with E-state index in [0.717, 1.165) is 10.9 Å². The van der Waals surface area contributed by atoms with Crippen LogP contribution >= 0.6 is 0 Å². The molecule has 0 atom stereocenters. The predicted molar refractivity (Wildman–Crippen MR) is 83.9 cm³/mol. The van der Waals surface area contributed by atoms with E-state index in [9.17, 15) is 9.59 Å². The third kappa shape index (κ3) is 2.65. The topological polar surface area (TPSA) is 53.2 Å². The second-order valence-electron chi connectivity index (χ2n) is 5.02. The van der Waals surface area contributed by atoms with E-state index in [0.29, 0.717) is 12.2 Å². The largest absolute Gasteiger partial charge is 0.459 e. The molecule has 2 heterocycles. The number of pyridine rings is 1. The first kappa shape index (κ1) is 14.1. The van der Waals surface area contributed by atoms with Gasteiger partial charge in [0, 0.05) is 30.2 Å². The maximum absolute atomic E-state index is 12.2. The predicted octanol–water partition coefficient (Wildman–Crippen LogP) is 2.20. The minimum absolute atomic E-state index is 0.108. The fourth-order valence-electron chi connectivity index (χ4n) is 2.44. The van der Waals surface area contributed by atoms with Crippen molar-refractivity contribution in [3.63, 3.8) is 0 Å². The second kappa shape index (κ2) is 5.89. The quantitative estimate of drug-likeness (QED) is 0.694. The van der Waals surface area contributed by atoms with Crippen LogP contribution < -0.4 is 5.56 Å². The van der Waals surface area contributed by atoms with E-state index in [1.807, 2.05) is 41.9 Å². The molecule has 0 saturated heterocycles. The van der Waals surface area contributed by atoms with Gasteiger partial charge in [-0.3, -0.25) is 4.79 Å². The van der Waals surface area contributed by atoms with Crippen molar-refractivity contribution < 1.29 is 9.53 Å². The molecule has 1 aromatic carbocycles. The molecule has 0 aliphatic carbocycles. The first-order chi connectivity index (χ1) is 10.7. The maximum atomic E-state index is 12.2. The number of rotatable bonds is 4. The Kier molecular flexibility index (Phi) is 3.78. The minimum Gasteiger partial charge on any atom is -0.459 e. The molecule has 0 unspecified atom stereocenters. The lowest BCUT2D eigenvalue weighted by Gasteiger charge is -2.07. The Hall–Kier alpha value is -2.82. The molecule has 0 spiro atoms. The summed E-state index contributed by atoms with van der Waals surface area (Å²) in [5, 5.41) is 0.997. The highest BCUT2D eigenvalue weighted by Gasteiger charge is 2.14. The van der Waals surface area contributed by atoms with Gasteiger partial charge in [-0.25, -0.2) is 4.79 Å². The average Bonchev–Trinajstić information content (AvgIpc) is 2.87. The van der Waals surface area contributed by atoms with Crippen molar-refractivity contribution in [1.82, 2.24) is 9.13 Å². The number of carbonyl (C=O) groups is 1. The number of hydrogen-bond donors (Lipinski definition) is 0. The molecule has 0 bridgehead atoms. The Morgan fingerprint density at radius 2 is 1.91 bits per heavy atom. The Bertz CT molecular complexity index is 877. The summed E-state index contributed by atoms with van der Waals surface area (Å²) >= 11 is 0. The SMILES string of the molecule is Cn1c(C(=O)OCCn2ccccc2=O)cc2ccccc21. The molecule has 2 aromatic heterocycles. The van der Waals surface area contributed by atoms with Gasteiger partial charge in [-0.05, 0) is 18.2 Å². The summed E-state index contributed by atoms with van der Waals surface area (Å²) in [5.41, 5.74) is 1.37. The van der Waals surface area contributed by atoms with Crippen molar-refractivity contribution in [3.05, 3.63) is 70.8 Å². The number of esters is 1. The van der Waals surface area contributed by atoms with Gasteiger partial charge < -0.3 is 13.9 Å². The van der Waals surface area contributed by atoms with Gasteiger partial charge in [0.15, 0.2) is 0 Å². The lowest BCUT2D eigenvalue weighted by atomic mass is 10.2. The van der Waals surface area contributed by atoms with Crippen molar-refractivity contribution in [3.8, 4) is 0 Å². The summed E-state index contributed by atoms with van der Waals surface area (Å²) in [6.45, 7) is 0.500. The van der Waals surface area contributed by atoms with Crippen molar-refractivity contribution in [2.24, 2.45) is 7.05 Å². The van der Waals surface area contributed by atoms with Gasteiger partial charge in [0.2, 0.25) is 0 Å². The molecule has 0 saturated carbocycles. The van der Waals surface area contributed by atoms with Gasteiger partial charge >= 0.3 is 5.97 Å².